The van der Waals surface area contributed by atoms with Gasteiger partial charge in [-0.2, -0.15) is 5.10 Å². The molecule has 4 rings (SSSR count). The summed E-state index contributed by atoms with van der Waals surface area (Å²) in [4.78, 5) is 14.5. The van der Waals surface area contributed by atoms with Crippen LogP contribution in [-0.2, 0) is 13.0 Å². The quantitative estimate of drug-likeness (QED) is 0.789. The monoisotopic (exact) mass is 311 g/mol. The Labute approximate surface area is 133 Å². The number of nitrogens with one attached hydrogen (secondary N) is 1. The third-order valence-corrected chi connectivity index (χ3v) is 4.12. The lowest BCUT2D eigenvalue weighted by Crippen LogP contribution is -2.30. The van der Waals surface area contributed by atoms with Crippen molar-refractivity contribution in [3.8, 4) is 11.5 Å². The topological polar surface area (TPSA) is 75.3 Å². The van der Waals surface area contributed by atoms with Gasteiger partial charge in [-0.1, -0.05) is 0 Å². The molecule has 1 aliphatic rings. The maximum Gasteiger partial charge on any atom is 0.274 e. The molecule has 4 heterocycles. The highest BCUT2D eigenvalue weighted by Gasteiger charge is 2.24. The molecular formula is C17H17N3O3. The van der Waals surface area contributed by atoms with Crippen molar-refractivity contribution in [1.82, 2.24) is 15.1 Å². The van der Waals surface area contributed by atoms with Crippen molar-refractivity contribution >= 4 is 5.91 Å². The largest absolute Gasteiger partial charge is 0.469 e. The third kappa shape index (κ3) is 2.56. The molecule has 0 aliphatic carbocycles. The maximum atomic E-state index is 12.7. The number of aromatic amines is 1. The number of carbonyl (C=O) groups is 1. The minimum absolute atomic E-state index is 0.0789. The van der Waals surface area contributed by atoms with Crippen LogP contribution in [0.1, 0.15) is 34.0 Å². The van der Waals surface area contributed by atoms with E-state index in [0.717, 1.165) is 29.9 Å². The Hall–Kier alpha value is -2.76. The van der Waals surface area contributed by atoms with Gasteiger partial charge < -0.3 is 13.7 Å². The van der Waals surface area contributed by atoms with Crippen LogP contribution in [0.15, 0.2) is 39.4 Å². The highest BCUT2D eigenvalue weighted by Crippen LogP contribution is 2.23. The van der Waals surface area contributed by atoms with Crippen molar-refractivity contribution in [2.45, 2.75) is 26.3 Å². The molecule has 6 heteroatoms. The first-order valence-corrected chi connectivity index (χ1v) is 7.67. The van der Waals surface area contributed by atoms with Crippen molar-refractivity contribution in [2.75, 3.05) is 6.54 Å². The Bertz CT molecular complexity index is 843. The molecule has 0 aromatic carbocycles. The van der Waals surface area contributed by atoms with E-state index in [-0.39, 0.29) is 5.91 Å². The van der Waals surface area contributed by atoms with E-state index in [2.05, 4.69) is 10.2 Å². The number of aromatic nitrogens is 2. The molecule has 1 aliphatic heterocycles. The zero-order chi connectivity index (χ0) is 15.8. The van der Waals surface area contributed by atoms with Crippen LogP contribution in [0, 0.1) is 6.92 Å². The number of nitrogens with zero attached hydrogens (tertiary/aromatic N) is 2. The third-order valence-electron chi connectivity index (χ3n) is 4.12. The van der Waals surface area contributed by atoms with Crippen LogP contribution in [0.5, 0.6) is 0 Å². The molecule has 0 bridgehead atoms. The van der Waals surface area contributed by atoms with Crippen LogP contribution in [0.4, 0.5) is 0 Å². The molecular weight excluding hydrogens is 294 g/mol. The SMILES string of the molecule is Cc1ccc(-c2cc(C(=O)N3CCCc4occc4C3)n[nH]2)o1. The molecule has 0 unspecified atom stereocenters. The summed E-state index contributed by atoms with van der Waals surface area (Å²) in [6.07, 6.45) is 3.44. The second-order valence-electron chi connectivity index (χ2n) is 5.78. The summed E-state index contributed by atoms with van der Waals surface area (Å²) in [6.45, 7) is 3.14. The van der Waals surface area contributed by atoms with Gasteiger partial charge in [0, 0.05) is 31.1 Å². The van der Waals surface area contributed by atoms with Gasteiger partial charge >= 0.3 is 0 Å². The number of fused-ring (bicyclic) bond motifs is 1. The van der Waals surface area contributed by atoms with Crippen LogP contribution in [0.25, 0.3) is 11.5 Å². The Morgan fingerprint density at radius 3 is 3.09 bits per heavy atom. The summed E-state index contributed by atoms with van der Waals surface area (Å²) < 4.78 is 11.0. The van der Waals surface area contributed by atoms with Crippen molar-refractivity contribution < 1.29 is 13.6 Å². The summed E-state index contributed by atoms with van der Waals surface area (Å²) >= 11 is 0. The van der Waals surface area contributed by atoms with Crippen LogP contribution in [-0.4, -0.2) is 27.5 Å². The van der Waals surface area contributed by atoms with Crippen molar-refractivity contribution in [3.63, 3.8) is 0 Å². The Kier molecular flexibility index (Phi) is 3.29. The molecule has 1 amide bonds. The highest BCUT2D eigenvalue weighted by molar-refractivity contribution is 5.93. The summed E-state index contributed by atoms with van der Waals surface area (Å²) in [6, 6.07) is 7.41. The van der Waals surface area contributed by atoms with E-state index >= 15 is 0 Å². The van der Waals surface area contributed by atoms with Crippen molar-refractivity contribution in [3.05, 3.63) is 53.3 Å². The molecule has 0 spiro atoms. The molecule has 3 aromatic rings. The van der Waals surface area contributed by atoms with E-state index < -0.39 is 0 Å². The second kappa shape index (κ2) is 5.46. The summed E-state index contributed by atoms with van der Waals surface area (Å²) in [5.74, 6) is 2.41. The van der Waals surface area contributed by atoms with E-state index in [4.69, 9.17) is 8.83 Å². The fourth-order valence-corrected chi connectivity index (χ4v) is 2.91. The molecule has 0 fully saturated rings. The number of H-pyrrole nitrogens is 1. The molecule has 3 aromatic heterocycles. The minimum Gasteiger partial charge on any atom is -0.469 e. The molecule has 6 nitrogen and oxygen atoms in total. The van der Waals surface area contributed by atoms with Crippen molar-refractivity contribution in [2.24, 2.45) is 0 Å². The van der Waals surface area contributed by atoms with Gasteiger partial charge in [-0.15, -0.1) is 0 Å². The normalized spacial score (nSPS) is 14.6. The molecule has 23 heavy (non-hydrogen) atoms. The van der Waals surface area contributed by atoms with E-state index in [0.29, 0.717) is 30.2 Å². The first-order valence-electron chi connectivity index (χ1n) is 7.67. The molecule has 0 saturated carbocycles. The fraction of sp³-hybridized carbons (Fsp3) is 0.294. The number of rotatable bonds is 2. The summed E-state index contributed by atoms with van der Waals surface area (Å²) in [5, 5.41) is 7.03. The first-order chi connectivity index (χ1) is 11.2. The minimum atomic E-state index is -0.0789. The lowest BCUT2D eigenvalue weighted by molar-refractivity contribution is 0.0740. The van der Waals surface area contributed by atoms with Crippen LogP contribution in [0.2, 0.25) is 0 Å². The standard InChI is InChI=1S/C17H17N3O3/c1-11-4-5-16(23-11)13-9-14(19-18-13)17(21)20-7-2-3-15-12(10-20)6-8-22-15/h4-6,8-9H,2-3,7,10H2,1H3,(H,18,19). The predicted octanol–water partition coefficient (Wildman–Crippen LogP) is 3.16. The van der Waals surface area contributed by atoms with Crippen LogP contribution < -0.4 is 0 Å². The number of furan rings is 2. The number of carbonyl (C=O) groups excluding carboxylic acids is 1. The molecule has 0 atom stereocenters. The van der Waals surface area contributed by atoms with E-state index in [9.17, 15) is 4.79 Å². The van der Waals surface area contributed by atoms with Gasteiger partial charge in [0.2, 0.25) is 0 Å². The molecule has 0 saturated heterocycles. The number of aryl methyl sites for hydroxylation is 2. The lowest BCUT2D eigenvalue weighted by atomic mass is 10.2. The molecule has 1 N–H and O–H groups in total. The maximum absolute atomic E-state index is 12.7. The van der Waals surface area contributed by atoms with Gasteiger partial charge in [-0.3, -0.25) is 9.89 Å². The van der Waals surface area contributed by atoms with Gasteiger partial charge in [0.15, 0.2) is 11.5 Å². The fourth-order valence-electron chi connectivity index (χ4n) is 2.91. The van der Waals surface area contributed by atoms with E-state index in [1.807, 2.05) is 30.0 Å². The zero-order valence-corrected chi connectivity index (χ0v) is 12.8. The molecule has 118 valence electrons. The second-order valence-corrected chi connectivity index (χ2v) is 5.78. The molecule has 0 radical (unpaired) electrons. The van der Waals surface area contributed by atoms with Crippen LogP contribution in [0.3, 0.4) is 0 Å². The van der Waals surface area contributed by atoms with Gasteiger partial charge in [0.25, 0.3) is 5.91 Å². The van der Waals surface area contributed by atoms with E-state index in [1.165, 1.54) is 0 Å². The average Bonchev–Trinajstić information content (AvgIpc) is 3.25. The van der Waals surface area contributed by atoms with Gasteiger partial charge in [0.05, 0.1) is 6.26 Å². The van der Waals surface area contributed by atoms with Crippen molar-refractivity contribution in [1.29, 1.82) is 0 Å². The zero-order valence-electron chi connectivity index (χ0n) is 12.8. The van der Waals surface area contributed by atoms with Gasteiger partial charge in [-0.05, 0) is 31.5 Å². The number of hydrogen-bond acceptors (Lipinski definition) is 4. The average molecular weight is 311 g/mol. The Balaban J connectivity index is 1.56. The summed E-state index contributed by atoms with van der Waals surface area (Å²) in [7, 11) is 0. The van der Waals surface area contributed by atoms with Gasteiger partial charge in [0.1, 0.15) is 17.2 Å². The number of hydrogen-bond donors (Lipinski definition) is 1. The first kappa shape index (κ1) is 13.9. The number of amides is 1. The smallest absolute Gasteiger partial charge is 0.274 e. The van der Waals surface area contributed by atoms with Crippen LogP contribution >= 0.6 is 0 Å². The van der Waals surface area contributed by atoms with Gasteiger partial charge in [-0.25, -0.2) is 0 Å². The lowest BCUT2D eigenvalue weighted by Gasteiger charge is -2.18. The summed E-state index contributed by atoms with van der Waals surface area (Å²) in [5.41, 5.74) is 2.19. The highest BCUT2D eigenvalue weighted by atomic mass is 16.3. The predicted molar refractivity (Wildman–Crippen MR) is 82.8 cm³/mol. The Morgan fingerprint density at radius 1 is 1.35 bits per heavy atom. The Morgan fingerprint density at radius 2 is 2.26 bits per heavy atom. The van der Waals surface area contributed by atoms with E-state index in [1.54, 1.807) is 12.3 Å².